The number of rotatable bonds is 5. The molecule has 4 aliphatic carbocycles. The minimum atomic E-state index is 0.569. The predicted octanol–water partition coefficient (Wildman–Crippen LogP) is 9.77. The third-order valence-corrected chi connectivity index (χ3v) is 13.2. The summed E-state index contributed by atoms with van der Waals surface area (Å²) in [5.41, 5.74) is 2.36. The molecule has 31 heavy (non-hydrogen) atoms. The molecule has 0 nitrogen and oxygen atoms in total. The van der Waals surface area contributed by atoms with Crippen LogP contribution >= 0.6 is 0 Å². The maximum absolute atomic E-state index is 2.78. The van der Waals surface area contributed by atoms with E-state index < -0.39 is 0 Å². The average molecular weight is 429 g/mol. The molecule has 4 aliphatic rings. The van der Waals surface area contributed by atoms with Crippen molar-refractivity contribution in [3.05, 3.63) is 0 Å². The van der Waals surface area contributed by atoms with Crippen molar-refractivity contribution in [1.29, 1.82) is 0 Å². The van der Waals surface area contributed by atoms with Crippen LogP contribution in [0.25, 0.3) is 0 Å². The molecule has 0 radical (unpaired) electrons. The molecule has 180 valence electrons. The Balaban J connectivity index is 1.54. The van der Waals surface area contributed by atoms with Crippen LogP contribution in [0, 0.1) is 63.1 Å². The van der Waals surface area contributed by atoms with Crippen LogP contribution in [-0.2, 0) is 0 Å². The van der Waals surface area contributed by atoms with Crippen LogP contribution in [0.5, 0.6) is 0 Å². The lowest BCUT2D eigenvalue weighted by atomic mass is 9.38. The van der Waals surface area contributed by atoms with Gasteiger partial charge in [-0.05, 0) is 114 Å². The quantitative estimate of drug-likeness (QED) is 0.408. The summed E-state index contributed by atoms with van der Waals surface area (Å²) < 4.78 is 0. The Bertz CT molecular complexity index is 644. The number of hydrogen-bond acceptors (Lipinski definition) is 0. The second kappa shape index (κ2) is 8.05. The van der Waals surface area contributed by atoms with Crippen molar-refractivity contribution in [3.63, 3.8) is 0 Å². The Morgan fingerprint density at radius 3 is 2.03 bits per heavy atom. The van der Waals surface area contributed by atoms with Crippen LogP contribution in [0.1, 0.15) is 133 Å². The molecule has 0 aromatic heterocycles. The van der Waals surface area contributed by atoms with Crippen molar-refractivity contribution in [1.82, 2.24) is 0 Å². The molecule has 0 amide bonds. The van der Waals surface area contributed by atoms with Crippen LogP contribution < -0.4 is 0 Å². The van der Waals surface area contributed by atoms with E-state index in [4.69, 9.17) is 0 Å². The molecule has 0 saturated heterocycles. The Hall–Kier alpha value is 0. The first kappa shape index (κ1) is 24.1. The SMILES string of the molecule is CC(C)C(C)CC[C@@H](C)[C@H]1CC[C@@]2(C)C3CC[C@H]4C(C)(C)CCC[C@]4(C)C3CC[C@]12C. The molecule has 4 saturated carbocycles. The highest BCUT2D eigenvalue weighted by Crippen LogP contribution is 2.74. The smallest absolute Gasteiger partial charge is 0.0238 e. The average Bonchev–Trinajstić information content (AvgIpc) is 2.96. The number of fused-ring (bicyclic) bond motifs is 5. The van der Waals surface area contributed by atoms with Gasteiger partial charge < -0.3 is 0 Å². The van der Waals surface area contributed by atoms with Crippen LogP contribution in [0.3, 0.4) is 0 Å². The monoisotopic (exact) mass is 428 g/mol. The lowest BCUT2D eigenvalue weighted by molar-refractivity contribution is -0.179. The normalized spacial score (nSPS) is 48.6. The highest BCUT2D eigenvalue weighted by atomic mass is 14.7. The zero-order valence-corrected chi connectivity index (χ0v) is 22.8. The molecule has 0 aromatic rings. The van der Waals surface area contributed by atoms with Gasteiger partial charge in [-0.15, -0.1) is 0 Å². The van der Waals surface area contributed by atoms with Gasteiger partial charge in [0.15, 0.2) is 0 Å². The molecule has 0 N–H and O–H groups in total. The fraction of sp³-hybridized carbons (Fsp3) is 1.00. The standard InChI is InChI=1S/C31H56/c1-21(2)22(3)11-12-23(4)24-15-19-31(9)26-13-14-27-28(5,6)17-10-18-29(27,7)25(26)16-20-30(24,31)8/h21-27H,10-20H2,1-9H3/t22?,23-,24-,25?,26?,27+,29-,30-,31+/m1/s1. The molecule has 0 heteroatoms. The first-order valence-corrected chi connectivity index (χ1v) is 14.4. The minimum absolute atomic E-state index is 0.569. The van der Waals surface area contributed by atoms with E-state index >= 15 is 0 Å². The summed E-state index contributed by atoms with van der Waals surface area (Å²) in [5.74, 6) is 6.55. The van der Waals surface area contributed by atoms with Crippen molar-refractivity contribution in [3.8, 4) is 0 Å². The zero-order chi connectivity index (χ0) is 22.8. The highest BCUT2D eigenvalue weighted by molar-refractivity contribution is 5.15. The molecular weight excluding hydrogens is 372 g/mol. The summed E-state index contributed by atoms with van der Waals surface area (Å²) in [5, 5.41) is 0. The summed E-state index contributed by atoms with van der Waals surface area (Å²) >= 11 is 0. The van der Waals surface area contributed by atoms with Gasteiger partial charge in [-0.3, -0.25) is 0 Å². The molecule has 0 aliphatic heterocycles. The molecule has 4 rings (SSSR count). The Morgan fingerprint density at radius 2 is 1.35 bits per heavy atom. The number of hydrogen-bond donors (Lipinski definition) is 0. The fourth-order valence-corrected chi connectivity index (χ4v) is 10.6. The molecule has 0 aromatic carbocycles. The first-order chi connectivity index (χ1) is 14.4. The molecule has 4 fully saturated rings. The van der Waals surface area contributed by atoms with Crippen molar-refractivity contribution in [2.75, 3.05) is 0 Å². The summed E-state index contributed by atoms with van der Waals surface area (Å²) in [4.78, 5) is 0. The van der Waals surface area contributed by atoms with Gasteiger partial charge in [0.2, 0.25) is 0 Å². The zero-order valence-electron chi connectivity index (χ0n) is 22.8. The van der Waals surface area contributed by atoms with Crippen LogP contribution in [0.2, 0.25) is 0 Å². The second-order valence-electron chi connectivity index (χ2n) is 15.0. The van der Waals surface area contributed by atoms with Crippen LogP contribution in [0.4, 0.5) is 0 Å². The van der Waals surface area contributed by atoms with Crippen LogP contribution in [-0.4, -0.2) is 0 Å². The third-order valence-electron chi connectivity index (χ3n) is 13.2. The molecule has 0 heterocycles. The molecule has 0 bridgehead atoms. The summed E-state index contributed by atoms with van der Waals surface area (Å²) in [7, 11) is 0. The maximum atomic E-state index is 2.78. The van der Waals surface area contributed by atoms with E-state index in [-0.39, 0.29) is 0 Å². The van der Waals surface area contributed by atoms with E-state index in [9.17, 15) is 0 Å². The third kappa shape index (κ3) is 3.58. The molecule has 3 unspecified atom stereocenters. The Morgan fingerprint density at radius 1 is 0.677 bits per heavy atom. The van der Waals surface area contributed by atoms with Crippen LogP contribution in [0.15, 0.2) is 0 Å². The van der Waals surface area contributed by atoms with Gasteiger partial charge in [0.1, 0.15) is 0 Å². The Labute approximate surface area is 196 Å². The van der Waals surface area contributed by atoms with E-state index in [1.807, 2.05) is 0 Å². The lowest BCUT2D eigenvalue weighted by Gasteiger charge is -2.67. The van der Waals surface area contributed by atoms with Gasteiger partial charge in [-0.25, -0.2) is 0 Å². The highest BCUT2D eigenvalue weighted by Gasteiger charge is 2.66. The van der Waals surface area contributed by atoms with E-state index in [1.54, 1.807) is 0 Å². The summed E-state index contributed by atoms with van der Waals surface area (Å²) in [6.07, 6.45) is 16.5. The van der Waals surface area contributed by atoms with Gasteiger partial charge in [0, 0.05) is 0 Å². The largest absolute Gasteiger partial charge is 0.0625 e. The summed E-state index contributed by atoms with van der Waals surface area (Å²) in [6.45, 7) is 23.4. The van der Waals surface area contributed by atoms with Gasteiger partial charge in [-0.1, -0.05) is 81.6 Å². The summed E-state index contributed by atoms with van der Waals surface area (Å²) in [6, 6.07) is 0. The van der Waals surface area contributed by atoms with Gasteiger partial charge in [0.05, 0.1) is 0 Å². The predicted molar refractivity (Wildman–Crippen MR) is 136 cm³/mol. The van der Waals surface area contributed by atoms with Gasteiger partial charge in [-0.2, -0.15) is 0 Å². The van der Waals surface area contributed by atoms with Crippen molar-refractivity contribution in [2.24, 2.45) is 63.1 Å². The van der Waals surface area contributed by atoms with E-state index in [0.29, 0.717) is 21.7 Å². The first-order valence-electron chi connectivity index (χ1n) is 14.4. The Kier molecular flexibility index (Phi) is 6.26. The van der Waals surface area contributed by atoms with E-state index in [1.165, 1.54) is 70.6 Å². The maximum Gasteiger partial charge on any atom is -0.0238 e. The minimum Gasteiger partial charge on any atom is -0.0625 e. The molecule has 9 atom stereocenters. The van der Waals surface area contributed by atoms with E-state index in [2.05, 4.69) is 62.3 Å². The fourth-order valence-electron chi connectivity index (χ4n) is 10.6. The van der Waals surface area contributed by atoms with Gasteiger partial charge in [0.25, 0.3) is 0 Å². The second-order valence-corrected chi connectivity index (χ2v) is 15.0. The van der Waals surface area contributed by atoms with Crippen molar-refractivity contribution < 1.29 is 0 Å². The van der Waals surface area contributed by atoms with Crippen molar-refractivity contribution >= 4 is 0 Å². The van der Waals surface area contributed by atoms with Crippen molar-refractivity contribution in [2.45, 2.75) is 133 Å². The lowest BCUT2D eigenvalue weighted by Crippen LogP contribution is -2.59. The molecular formula is C31H56. The van der Waals surface area contributed by atoms with Gasteiger partial charge >= 0.3 is 0 Å². The van der Waals surface area contributed by atoms with E-state index in [0.717, 1.165) is 41.4 Å². The topological polar surface area (TPSA) is 0 Å². The molecule has 0 spiro atoms.